The van der Waals surface area contributed by atoms with Crippen molar-refractivity contribution in [3.8, 4) is 0 Å². The minimum atomic E-state index is 0.413. The van der Waals surface area contributed by atoms with Crippen LogP contribution in [0, 0.1) is 0 Å². The van der Waals surface area contributed by atoms with Crippen LogP contribution in [0.1, 0.15) is 18.4 Å². The molecule has 15 heavy (non-hydrogen) atoms. The Morgan fingerprint density at radius 2 is 2.27 bits per heavy atom. The summed E-state index contributed by atoms with van der Waals surface area (Å²) >= 11 is 9.46. The molecule has 0 heterocycles. The number of hydrogen-bond acceptors (Lipinski definition) is 2. The minimum absolute atomic E-state index is 0.413. The summed E-state index contributed by atoms with van der Waals surface area (Å²) in [5.74, 6) is 6.10. The van der Waals surface area contributed by atoms with Gasteiger partial charge >= 0.3 is 0 Å². The highest BCUT2D eigenvalue weighted by atomic mass is 79.9. The zero-order valence-corrected chi connectivity index (χ0v) is 10.3. The first-order valence-electron chi connectivity index (χ1n) is 4.70. The van der Waals surface area contributed by atoms with Crippen LogP contribution in [-0.4, -0.2) is 11.9 Å². The standard InChI is InChI=1S/C10H11BrClN3/c11-6-1-4-8(9(12)5-6)10(15-13)14-7-2-3-7/h1,4-5,7H,2-3,13H2,(H,14,15). The zero-order valence-electron chi connectivity index (χ0n) is 8.00. The summed E-state index contributed by atoms with van der Waals surface area (Å²) in [6.07, 6.45) is 2.28. The number of hydrogen-bond donors (Lipinski definition) is 2. The highest BCUT2D eigenvalue weighted by Crippen LogP contribution is 2.26. The van der Waals surface area contributed by atoms with E-state index in [-0.39, 0.29) is 0 Å². The van der Waals surface area contributed by atoms with Crippen molar-refractivity contribution in [3.05, 3.63) is 33.3 Å². The SMILES string of the molecule is NNC(=NC1CC1)c1ccc(Br)cc1Cl. The Morgan fingerprint density at radius 3 is 2.80 bits per heavy atom. The van der Waals surface area contributed by atoms with Crippen LogP contribution in [0.25, 0.3) is 0 Å². The molecule has 0 radical (unpaired) electrons. The third-order valence-corrected chi connectivity index (χ3v) is 2.99. The molecule has 0 bridgehead atoms. The van der Waals surface area contributed by atoms with Crippen molar-refractivity contribution >= 4 is 33.4 Å². The molecule has 1 aromatic rings. The molecule has 3 nitrogen and oxygen atoms in total. The van der Waals surface area contributed by atoms with Gasteiger partial charge in [-0.25, -0.2) is 5.84 Å². The monoisotopic (exact) mass is 287 g/mol. The maximum atomic E-state index is 6.10. The molecule has 0 saturated heterocycles. The van der Waals surface area contributed by atoms with Crippen molar-refractivity contribution in [2.45, 2.75) is 18.9 Å². The van der Waals surface area contributed by atoms with E-state index in [1.807, 2.05) is 18.2 Å². The lowest BCUT2D eigenvalue weighted by atomic mass is 10.2. The normalized spacial score (nSPS) is 16.6. The molecule has 0 unspecified atom stereocenters. The molecule has 0 amide bonds. The second-order valence-corrected chi connectivity index (χ2v) is 4.80. The van der Waals surface area contributed by atoms with Gasteiger partial charge in [-0.2, -0.15) is 0 Å². The average Bonchev–Trinajstić information content (AvgIpc) is 2.99. The number of halogens is 2. The lowest BCUT2D eigenvalue weighted by molar-refractivity contribution is 0.971. The van der Waals surface area contributed by atoms with Crippen LogP contribution in [0.3, 0.4) is 0 Å². The number of nitrogens with one attached hydrogen (secondary N) is 1. The molecule has 0 spiro atoms. The fraction of sp³-hybridized carbons (Fsp3) is 0.300. The van der Waals surface area contributed by atoms with Crippen molar-refractivity contribution in [1.82, 2.24) is 5.43 Å². The van der Waals surface area contributed by atoms with E-state index in [1.165, 1.54) is 0 Å². The number of benzene rings is 1. The Balaban J connectivity index is 2.33. The van der Waals surface area contributed by atoms with E-state index in [2.05, 4.69) is 26.3 Å². The fourth-order valence-electron chi connectivity index (χ4n) is 1.25. The lowest BCUT2D eigenvalue weighted by Gasteiger charge is -2.07. The molecule has 1 aliphatic carbocycles. The first kappa shape index (κ1) is 10.9. The third kappa shape index (κ3) is 2.71. The number of hydrazine groups is 1. The van der Waals surface area contributed by atoms with Gasteiger partial charge in [0.25, 0.3) is 0 Å². The largest absolute Gasteiger partial charge is 0.308 e. The summed E-state index contributed by atoms with van der Waals surface area (Å²) in [5, 5.41) is 0.640. The molecule has 0 aromatic heterocycles. The molecule has 0 atom stereocenters. The smallest absolute Gasteiger partial charge is 0.144 e. The summed E-state index contributed by atoms with van der Waals surface area (Å²) in [4.78, 5) is 4.45. The lowest BCUT2D eigenvalue weighted by Crippen LogP contribution is -2.31. The minimum Gasteiger partial charge on any atom is -0.308 e. The van der Waals surface area contributed by atoms with Gasteiger partial charge in [0.2, 0.25) is 0 Å². The molecule has 1 aromatic carbocycles. The third-order valence-electron chi connectivity index (χ3n) is 2.18. The van der Waals surface area contributed by atoms with E-state index < -0.39 is 0 Å². The first-order valence-corrected chi connectivity index (χ1v) is 5.87. The molecule has 1 fully saturated rings. The number of amidine groups is 1. The molecule has 2 rings (SSSR count). The number of rotatable bonds is 2. The van der Waals surface area contributed by atoms with Crippen LogP contribution < -0.4 is 11.3 Å². The van der Waals surface area contributed by atoms with Gasteiger partial charge in [-0.3, -0.25) is 4.99 Å². The molecular formula is C10H11BrClN3. The molecule has 80 valence electrons. The maximum absolute atomic E-state index is 6.10. The Bertz CT molecular complexity index is 402. The quantitative estimate of drug-likeness (QED) is 0.380. The van der Waals surface area contributed by atoms with E-state index in [0.29, 0.717) is 16.9 Å². The van der Waals surface area contributed by atoms with Gasteiger partial charge in [-0.15, -0.1) is 0 Å². The summed E-state index contributed by atoms with van der Waals surface area (Å²) < 4.78 is 0.944. The van der Waals surface area contributed by atoms with Gasteiger partial charge < -0.3 is 5.43 Å². The van der Waals surface area contributed by atoms with Gasteiger partial charge in [0.15, 0.2) is 0 Å². The van der Waals surface area contributed by atoms with Gasteiger partial charge in [0.05, 0.1) is 11.1 Å². The van der Waals surface area contributed by atoms with Crippen LogP contribution in [-0.2, 0) is 0 Å². The molecule has 5 heteroatoms. The fourth-order valence-corrected chi connectivity index (χ4v) is 2.02. The maximum Gasteiger partial charge on any atom is 0.144 e. The predicted octanol–water partition coefficient (Wildman–Crippen LogP) is 2.47. The average molecular weight is 289 g/mol. The van der Waals surface area contributed by atoms with E-state index in [0.717, 1.165) is 22.9 Å². The van der Waals surface area contributed by atoms with Crippen molar-refractivity contribution in [3.63, 3.8) is 0 Å². The van der Waals surface area contributed by atoms with E-state index >= 15 is 0 Å². The van der Waals surface area contributed by atoms with Gasteiger partial charge in [0.1, 0.15) is 5.84 Å². The molecule has 0 aliphatic heterocycles. The molecule has 3 N–H and O–H groups in total. The zero-order chi connectivity index (χ0) is 10.8. The van der Waals surface area contributed by atoms with Crippen molar-refractivity contribution in [2.24, 2.45) is 10.8 Å². The highest BCUT2D eigenvalue weighted by molar-refractivity contribution is 9.10. The van der Waals surface area contributed by atoms with Crippen LogP contribution >= 0.6 is 27.5 Å². The highest BCUT2D eigenvalue weighted by Gasteiger charge is 2.21. The van der Waals surface area contributed by atoms with Crippen LogP contribution in [0.5, 0.6) is 0 Å². The van der Waals surface area contributed by atoms with Crippen molar-refractivity contribution in [1.29, 1.82) is 0 Å². The number of aliphatic imine (C=N–C) groups is 1. The number of nitrogens with two attached hydrogens (primary N) is 1. The van der Waals surface area contributed by atoms with Gasteiger partial charge in [-0.1, -0.05) is 27.5 Å². The Labute approximate surface area is 102 Å². The van der Waals surface area contributed by atoms with Crippen LogP contribution in [0.4, 0.5) is 0 Å². The van der Waals surface area contributed by atoms with E-state index in [1.54, 1.807) is 0 Å². The Morgan fingerprint density at radius 1 is 1.53 bits per heavy atom. The summed E-state index contributed by atoms with van der Waals surface area (Å²) in [7, 11) is 0. The summed E-state index contributed by atoms with van der Waals surface area (Å²) in [6, 6.07) is 6.06. The second-order valence-electron chi connectivity index (χ2n) is 3.48. The summed E-state index contributed by atoms with van der Waals surface area (Å²) in [6.45, 7) is 0. The van der Waals surface area contributed by atoms with Crippen LogP contribution in [0.2, 0.25) is 5.02 Å². The van der Waals surface area contributed by atoms with Gasteiger partial charge in [0, 0.05) is 10.0 Å². The second kappa shape index (κ2) is 4.51. The van der Waals surface area contributed by atoms with Crippen molar-refractivity contribution < 1.29 is 0 Å². The Kier molecular flexibility index (Phi) is 3.29. The topological polar surface area (TPSA) is 50.4 Å². The van der Waals surface area contributed by atoms with E-state index in [9.17, 15) is 0 Å². The van der Waals surface area contributed by atoms with Crippen molar-refractivity contribution in [2.75, 3.05) is 0 Å². The molecule has 1 saturated carbocycles. The Hall–Kier alpha value is -0.580. The molecule has 1 aliphatic rings. The predicted molar refractivity (Wildman–Crippen MR) is 66.0 cm³/mol. The first-order chi connectivity index (χ1) is 7.20. The summed E-state index contributed by atoms with van der Waals surface area (Å²) in [5.41, 5.74) is 3.44. The molecular weight excluding hydrogens is 277 g/mol. The van der Waals surface area contributed by atoms with Gasteiger partial charge in [-0.05, 0) is 31.0 Å². The number of nitrogens with zero attached hydrogens (tertiary/aromatic N) is 1. The van der Waals surface area contributed by atoms with E-state index in [4.69, 9.17) is 17.4 Å². The van der Waals surface area contributed by atoms with Crippen LogP contribution in [0.15, 0.2) is 27.7 Å².